The van der Waals surface area contributed by atoms with Crippen LogP contribution in [0.15, 0.2) is 18.5 Å². The van der Waals surface area contributed by atoms with E-state index in [0.29, 0.717) is 17.3 Å². The van der Waals surface area contributed by atoms with E-state index < -0.39 is 0 Å². The number of likely N-dealkylation sites (tertiary alicyclic amines) is 1. The summed E-state index contributed by atoms with van der Waals surface area (Å²) in [6.45, 7) is 1.56. The Bertz CT molecular complexity index is 440. The van der Waals surface area contributed by atoms with Gasteiger partial charge in [0.25, 0.3) is 5.91 Å². The number of nitrogen functional groups attached to an aromatic ring is 1. The number of nitrogens with two attached hydrogens (primary N) is 1. The third-order valence-corrected chi connectivity index (χ3v) is 3.69. The van der Waals surface area contributed by atoms with Crippen LogP contribution >= 0.6 is 0 Å². The molecule has 1 aromatic rings. The molecular formula is C13H21N5O. The first-order valence-electron chi connectivity index (χ1n) is 6.50. The number of rotatable bonds is 3. The first kappa shape index (κ1) is 13.8. The molecule has 0 spiro atoms. The zero-order chi connectivity index (χ0) is 13.8. The molecule has 6 nitrogen and oxygen atoms in total. The molecule has 1 aromatic heterocycles. The second kappa shape index (κ2) is 5.99. The zero-order valence-corrected chi connectivity index (χ0v) is 11.5. The second-order valence-corrected chi connectivity index (χ2v) is 5.05. The molecule has 0 bridgehead atoms. The molecule has 1 aliphatic heterocycles. The molecule has 1 saturated heterocycles. The lowest BCUT2D eigenvalue weighted by molar-refractivity contribution is 0.0664. The van der Waals surface area contributed by atoms with Gasteiger partial charge in [-0.2, -0.15) is 0 Å². The summed E-state index contributed by atoms with van der Waals surface area (Å²) in [7, 11) is 4.17. The molecule has 1 fully saturated rings. The third kappa shape index (κ3) is 3.02. The van der Waals surface area contributed by atoms with E-state index in [1.165, 1.54) is 0 Å². The number of carbonyl (C=O) groups is 1. The van der Waals surface area contributed by atoms with Gasteiger partial charge in [-0.3, -0.25) is 15.6 Å². The first-order valence-corrected chi connectivity index (χ1v) is 6.50. The Morgan fingerprint density at radius 1 is 1.47 bits per heavy atom. The predicted molar refractivity (Wildman–Crippen MR) is 74.7 cm³/mol. The van der Waals surface area contributed by atoms with Gasteiger partial charge >= 0.3 is 0 Å². The van der Waals surface area contributed by atoms with Gasteiger partial charge in [0, 0.05) is 31.5 Å². The summed E-state index contributed by atoms with van der Waals surface area (Å²) in [4.78, 5) is 20.5. The fourth-order valence-electron chi connectivity index (χ4n) is 2.45. The molecule has 0 aromatic carbocycles. The van der Waals surface area contributed by atoms with Crippen LogP contribution in [0, 0.1) is 0 Å². The van der Waals surface area contributed by atoms with Crippen molar-refractivity contribution >= 4 is 11.6 Å². The number of hydrazine groups is 1. The van der Waals surface area contributed by atoms with Gasteiger partial charge in [0.1, 0.15) is 0 Å². The SMILES string of the molecule is CN(C)C1CCN(C(=O)c2cnccc2NN)CC1. The number of aromatic nitrogens is 1. The van der Waals surface area contributed by atoms with Gasteiger partial charge in [-0.05, 0) is 33.0 Å². The van der Waals surface area contributed by atoms with E-state index in [1.54, 1.807) is 18.5 Å². The largest absolute Gasteiger partial charge is 0.338 e. The van der Waals surface area contributed by atoms with Gasteiger partial charge in [0.2, 0.25) is 0 Å². The van der Waals surface area contributed by atoms with Crippen LogP contribution in [0.25, 0.3) is 0 Å². The number of hydrogen-bond donors (Lipinski definition) is 2. The average Bonchev–Trinajstić information content (AvgIpc) is 2.46. The summed E-state index contributed by atoms with van der Waals surface area (Å²) >= 11 is 0. The van der Waals surface area contributed by atoms with E-state index in [0.717, 1.165) is 25.9 Å². The van der Waals surface area contributed by atoms with Crippen LogP contribution in [0.4, 0.5) is 5.69 Å². The van der Waals surface area contributed by atoms with Crippen LogP contribution < -0.4 is 11.3 Å². The van der Waals surface area contributed by atoms with Gasteiger partial charge in [-0.25, -0.2) is 0 Å². The highest BCUT2D eigenvalue weighted by Crippen LogP contribution is 2.19. The van der Waals surface area contributed by atoms with Crippen molar-refractivity contribution in [3.8, 4) is 0 Å². The lowest BCUT2D eigenvalue weighted by Gasteiger charge is -2.35. The van der Waals surface area contributed by atoms with Crippen LogP contribution in [0.1, 0.15) is 23.2 Å². The van der Waals surface area contributed by atoms with Crippen LogP contribution in [0.2, 0.25) is 0 Å². The fraction of sp³-hybridized carbons (Fsp3) is 0.538. The van der Waals surface area contributed by atoms with Crippen molar-refractivity contribution in [2.75, 3.05) is 32.6 Å². The van der Waals surface area contributed by atoms with E-state index in [4.69, 9.17) is 5.84 Å². The van der Waals surface area contributed by atoms with Crippen molar-refractivity contribution in [2.24, 2.45) is 5.84 Å². The summed E-state index contributed by atoms with van der Waals surface area (Å²) in [5.41, 5.74) is 3.70. The standard InChI is InChI=1S/C13H21N5O/c1-17(2)10-4-7-18(8-5-10)13(19)11-9-15-6-3-12(11)16-14/h3,6,9-10H,4-5,7-8,14H2,1-2H3,(H,15,16). The van der Waals surface area contributed by atoms with Crippen molar-refractivity contribution in [3.63, 3.8) is 0 Å². The maximum atomic E-state index is 12.4. The van der Waals surface area contributed by atoms with Crippen LogP contribution in [0.5, 0.6) is 0 Å². The van der Waals surface area contributed by atoms with Gasteiger partial charge in [-0.15, -0.1) is 0 Å². The first-order chi connectivity index (χ1) is 9.13. The highest BCUT2D eigenvalue weighted by Gasteiger charge is 2.25. The molecule has 1 aliphatic rings. The minimum atomic E-state index is -0.00161. The van der Waals surface area contributed by atoms with Crippen molar-refractivity contribution in [2.45, 2.75) is 18.9 Å². The Morgan fingerprint density at radius 3 is 2.74 bits per heavy atom. The lowest BCUT2D eigenvalue weighted by Crippen LogP contribution is -2.44. The number of pyridine rings is 1. The van der Waals surface area contributed by atoms with Gasteiger partial charge in [-0.1, -0.05) is 0 Å². The molecular weight excluding hydrogens is 242 g/mol. The van der Waals surface area contributed by atoms with E-state index in [2.05, 4.69) is 29.4 Å². The number of piperidine rings is 1. The number of carbonyl (C=O) groups excluding carboxylic acids is 1. The Kier molecular flexibility index (Phi) is 4.34. The second-order valence-electron chi connectivity index (χ2n) is 5.05. The van der Waals surface area contributed by atoms with Gasteiger partial charge < -0.3 is 15.2 Å². The minimum Gasteiger partial charge on any atom is -0.338 e. The van der Waals surface area contributed by atoms with Crippen LogP contribution in [-0.2, 0) is 0 Å². The summed E-state index contributed by atoms with van der Waals surface area (Å²) in [5, 5.41) is 0. The molecule has 0 aliphatic carbocycles. The molecule has 3 N–H and O–H groups in total. The molecule has 1 amide bonds. The van der Waals surface area contributed by atoms with E-state index in [-0.39, 0.29) is 5.91 Å². The Morgan fingerprint density at radius 2 is 2.16 bits per heavy atom. The fourth-order valence-corrected chi connectivity index (χ4v) is 2.45. The Balaban J connectivity index is 2.05. The molecule has 2 rings (SSSR count). The van der Waals surface area contributed by atoms with E-state index in [1.807, 2.05) is 4.90 Å². The quantitative estimate of drug-likeness (QED) is 0.615. The number of anilines is 1. The summed E-state index contributed by atoms with van der Waals surface area (Å²) < 4.78 is 0. The maximum Gasteiger partial charge on any atom is 0.257 e. The number of hydrogen-bond acceptors (Lipinski definition) is 5. The highest BCUT2D eigenvalue weighted by molar-refractivity contribution is 5.99. The smallest absolute Gasteiger partial charge is 0.257 e. The van der Waals surface area contributed by atoms with Crippen molar-refractivity contribution in [1.29, 1.82) is 0 Å². The minimum absolute atomic E-state index is 0.00161. The topological polar surface area (TPSA) is 74.5 Å². The van der Waals surface area contributed by atoms with Crippen LogP contribution in [-0.4, -0.2) is 53.9 Å². The van der Waals surface area contributed by atoms with E-state index in [9.17, 15) is 4.79 Å². The molecule has 2 heterocycles. The molecule has 19 heavy (non-hydrogen) atoms. The molecule has 0 radical (unpaired) electrons. The van der Waals surface area contributed by atoms with Crippen LogP contribution in [0.3, 0.4) is 0 Å². The summed E-state index contributed by atoms with van der Waals surface area (Å²) in [6, 6.07) is 2.27. The normalized spacial score (nSPS) is 16.7. The van der Waals surface area contributed by atoms with Crippen molar-refractivity contribution < 1.29 is 4.79 Å². The predicted octanol–water partition coefficient (Wildman–Crippen LogP) is 0.533. The molecule has 0 atom stereocenters. The van der Waals surface area contributed by atoms with Crippen molar-refractivity contribution in [1.82, 2.24) is 14.8 Å². The lowest BCUT2D eigenvalue weighted by atomic mass is 10.0. The molecule has 104 valence electrons. The summed E-state index contributed by atoms with van der Waals surface area (Å²) in [6.07, 6.45) is 5.19. The Hall–Kier alpha value is -1.66. The zero-order valence-electron chi connectivity index (χ0n) is 11.5. The number of nitrogens with one attached hydrogen (secondary N) is 1. The van der Waals surface area contributed by atoms with Gasteiger partial charge in [0.15, 0.2) is 0 Å². The Labute approximate surface area is 113 Å². The number of nitrogens with zero attached hydrogens (tertiary/aromatic N) is 3. The maximum absolute atomic E-state index is 12.4. The van der Waals surface area contributed by atoms with Gasteiger partial charge in [0.05, 0.1) is 11.3 Å². The average molecular weight is 263 g/mol. The third-order valence-electron chi connectivity index (χ3n) is 3.69. The highest BCUT2D eigenvalue weighted by atomic mass is 16.2. The summed E-state index contributed by atoms with van der Waals surface area (Å²) in [5.74, 6) is 5.42. The molecule has 0 unspecified atom stereocenters. The molecule has 6 heteroatoms. The molecule has 0 saturated carbocycles. The monoisotopic (exact) mass is 263 g/mol. The van der Waals surface area contributed by atoms with E-state index >= 15 is 0 Å². The number of amides is 1. The van der Waals surface area contributed by atoms with Crippen molar-refractivity contribution in [3.05, 3.63) is 24.0 Å².